The van der Waals surface area contributed by atoms with Crippen molar-refractivity contribution >= 4 is 5.91 Å². The maximum atomic E-state index is 11.6. The Morgan fingerprint density at radius 3 is 2.95 bits per heavy atom. The van der Waals surface area contributed by atoms with Crippen molar-refractivity contribution in [1.82, 2.24) is 9.88 Å². The van der Waals surface area contributed by atoms with Crippen LogP contribution in [-0.4, -0.2) is 28.9 Å². The fourth-order valence-corrected chi connectivity index (χ4v) is 3.78. The first kappa shape index (κ1) is 14.5. The number of amides is 1. The lowest BCUT2D eigenvalue weighted by Crippen LogP contribution is -2.34. The predicted molar refractivity (Wildman–Crippen MR) is 83.2 cm³/mol. The summed E-state index contributed by atoms with van der Waals surface area (Å²) < 4.78 is 0. The number of carbonyl (C=O) groups excluding carboxylic acids is 1. The van der Waals surface area contributed by atoms with Gasteiger partial charge in [0, 0.05) is 18.8 Å². The number of pyridine rings is 1. The summed E-state index contributed by atoms with van der Waals surface area (Å²) in [5.74, 6) is 0.798. The van der Waals surface area contributed by atoms with Gasteiger partial charge in [0.05, 0.1) is 0 Å². The molecule has 2 aliphatic rings. The fraction of sp³-hybridized carbons (Fsp3) is 0.647. The van der Waals surface area contributed by atoms with E-state index < -0.39 is 5.91 Å². The van der Waals surface area contributed by atoms with Crippen LogP contribution in [0.3, 0.4) is 0 Å². The number of likely N-dealkylation sites (tertiary alicyclic amines) is 1. The average molecular weight is 287 g/mol. The molecule has 4 heteroatoms. The molecule has 2 atom stereocenters. The van der Waals surface area contributed by atoms with Gasteiger partial charge < -0.3 is 5.73 Å². The molecule has 21 heavy (non-hydrogen) atoms. The highest BCUT2D eigenvalue weighted by atomic mass is 16.1. The van der Waals surface area contributed by atoms with E-state index in [0.29, 0.717) is 11.6 Å². The van der Waals surface area contributed by atoms with Crippen molar-refractivity contribution in [3.05, 3.63) is 28.6 Å². The lowest BCUT2D eigenvalue weighted by atomic mass is 9.98. The van der Waals surface area contributed by atoms with Crippen LogP contribution in [0.2, 0.25) is 0 Å². The van der Waals surface area contributed by atoms with E-state index in [1.54, 1.807) is 0 Å². The summed E-state index contributed by atoms with van der Waals surface area (Å²) in [6.45, 7) is 7.75. The van der Waals surface area contributed by atoms with Gasteiger partial charge in [0.2, 0.25) is 0 Å². The Labute approximate surface area is 126 Å². The van der Waals surface area contributed by atoms with Gasteiger partial charge in [-0.25, -0.2) is 4.98 Å². The number of fused-ring (bicyclic) bond motifs is 1. The van der Waals surface area contributed by atoms with E-state index in [2.05, 4.69) is 23.7 Å². The molecule has 1 aromatic heterocycles. The number of piperidine rings is 1. The molecule has 3 rings (SSSR count). The van der Waals surface area contributed by atoms with Crippen LogP contribution in [0.25, 0.3) is 0 Å². The molecule has 0 aromatic carbocycles. The summed E-state index contributed by atoms with van der Waals surface area (Å²) in [5, 5.41) is 0. The second kappa shape index (κ2) is 5.76. The summed E-state index contributed by atoms with van der Waals surface area (Å²) in [6.07, 6.45) is 4.82. The molecule has 1 aliphatic heterocycles. The van der Waals surface area contributed by atoms with Gasteiger partial charge in [0.25, 0.3) is 5.91 Å². The Bertz CT molecular complexity index is 555. The van der Waals surface area contributed by atoms with Gasteiger partial charge in [-0.3, -0.25) is 9.69 Å². The van der Waals surface area contributed by atoms with Crippen molar-refractivity contribution in [2.45, 2.75) is 52.0 Å². The lowest BCUT2D eigenvalue weighted by molar-refractivity contribution is 0.0995. The van der Waals surface area contributed by atoms with E-state index in [4.69, 9.17) is 5.73 Å². The van der Waals surface area contributed by atoms with Gasteiger partial charge in [0.15, 0.2) is 0 Å². The van der Waals surface area contributed by atoms with Crippen molar-refractivity contribution in [1.29, 1.82) is 0 Å². The van der Waals surface area contributed by atoms with E-state index in [1.807, 2.05) is 6.07 Å². The first-order valence-electron chi connectivity index (χ1n) is 8.09. The zero-order chi connectivity index (χ0) is 15.0. The molecular weight excluding hydrogens is 262 g/mol. The van der Waals surface area contributed by atoms with Crippen LogP contribution >= 0.6 is 0 Å². The molecule has 2 N–H and O–H groups in total. The number of nitrogens with two attached hydrogens (primary N) is 1. The molecule has 114 valence electrons. The third-order valence-electron chi connectivity index (χ3n) is 4.93. The molecule has 1 fully saturated rings. The Balaban J connectivity index is 1.90. The highest BCUT2D eigenvalue weighted by Gasteiger charge is 2.26. The van der Waals surface area contributed by atoms with Crippen LogP contribution in [0.15, 0.2) is 6.07 Å². The number of primary amides is 1. The molecule has 0 radical (unpaired) electrons. The molecule has 1 amide bonds. The second-order valence-electron chi connectivity index (χ2n) is 6.82. The summed E-state index contributed by atoms with van der Waals surface area (Å²) in [5.41, 5.74) is 9.64. The van der Waals surface area contributed by atoms with Crippen LogP contribution in [0.1, 0.15) is 66.3 Å². The van der Waals surface area contributed by atoms with E-state index in [-0.39, 0.29) is 0 Å². The highest BCUT2D eigenvalue weighted by molar-refractivity contribution is 5.91. The van der Waals surface area contributed by atoms with Crippen LogP contribution in [0.5, 0.6) is 0 Å². The van der Waals surface area contributed by atoms with Crippen molar-refractivity contribution in [2.24, 2.45) is 11.7 Å². The van der Waals surface area contributed by atoms with Gasteiger partial charge in [-0.1, -0.05) is 13.8 Å². The Morgan fingerprint density at radius 2 is 2.24 bits per heavy atom. The third kappa shape index (κ3) is 2.95. The largest absolute Gasteiger partial charge is 0.364 e. The normalized spacial score (nSPS) is 25.8. The van der Waals surface area contributed by atoms with Crippen LogP contribution in [-0.2, 0) is 13.0 Å². The van der Waals surface area contributed by atoms with Crippen LogP contribution in [0.4, 0.5) is 0 Å². The number of nitrogens with zero attached hydrogens (tertiary/aromatic N) is 2. The molecule has 1 saturated heterocycles. The monoisotopic (exact) mass is 287 g/mol. The fourth-order valence-electron chi connectivity index (χ4n) is 3.78. The minimum Gasteiger partial charge on any atom is -0.364 e. The molecule has 1 unspecified atom stereocenters. The maximum Gasteiger partial charge on any atom is 0.267 e. The summed E-state index contributed by atoms with van der Waals surface area (Å²) in [4.78, 5) is 18.6. The standard InChI is InChI=1S/C17H25N3O/c1-11-4-3-7-20(9-11)10-13-8-15(17(18)21)19-16-12(2)5-6-14(13)16/h8,11-12H,3-7,9-10H2,1-2H3,(H2,18,21)/t11-,12?/m0/s1. The lowest BCUT2D eigenvalue weighted by Gasteiger charge is -2.31. The quantitative estimate of drug-likeness (QED) is 0.929. The zero-order valence-electron chi connectivity index (χ0n) is 13.1. The van der Waals surface area contributed by atoms with Crippen LogP contribution < -0.4 is 5.73 Å². The van der Waals surface area contributed by atoms with Gasteiger partial charge in [-0.05, 0) is 61.3 Å². The molecule has 1 aliphatic carbocycles. The van der Waals surface area contributed by atoms with E-state index in [9.17, 15) is 4.79 Å². The first-order valence-corrected chi connectivity index (χ1v) is 8.09. The first-order chi connectivity index (χ1) is 10.0. The van der Waals surface area contributed by atoms with E-state index in [1.165, 1.54) is 24.0 Å². The Kier molecular flexibility index (Phi) is 3.98. The van der Waals surface area contributed by atoms with Crippen molar-refractivity contribution in [3.8, 4) is 0 Å². The molecule has 1 aromatic rings. The van der Waals surface area contributed by atoms with Crippen molar-refractivity contribution < 1.29 is 4.79 Å². The predicted octanol–water partition coefficient (Wildman–Crippen LogP) is 2.46. The minimum absolute atomic E-state index is 0.412. The van der Waals surface area contributed by atoms with E-state index in [0.717, 1.165) is 44.1 Å². The number of hydrogen-bond donors (Lipinski definition) is 1. The van der Waals surface area contributed by atoms with Crippen LogP contribution in [0, 0.1) is 5.92 Å². The maximum absolute atomic E-state index is 11.6. The Hall–Kier alpha value is -1.42. The molecular formula is C17H25N3O. The highest BCUT2D eigenvalue weighted by Crippen LogP contribution is 2.34. The molecule has 2 heterocycles. The van der Waals surface area contributed by atoms with Gasteiger partial charge in [-0.2, -0.15) is 0 Å². The summed E-state index contributed by atoms with van der Waals surface area (Å²) in [6, 6.07) is 1.93. The van der Waals surface area contributed by atoms with E-state index >= 15 is 0 Å². The second-order valence-corrected chi connectivity index (χ2v) is 6.82. The molecule has 4 nitrogen and oxygen atoms in total. The third-order valence-corrected chi connectivity index (χ3v) is 4.93. The SMILES string of the molecule is CC1CCc2c(CN3CCC[C@H](C)C3)cc(C(N)=O)nc21. The summed E-state index contributed by atoms with van der Waals surface area (Å²) in [7, 11) is 0. The molecule has 0 bridgehead atoms. The zero-order valence-corrected chi connectivity index (χ0v) is 13.1. The minimum atomic E-state index is -0.412. The van der Waals surface area contributed by atoms with Crippen molar-refractivity contribution in [2.75, 3.05) is 13.1 Å². The molecule has 0 spiro atoms. The smallest absolute Gasteiger partial charge is 0.267 e. The summed E-state index contributed by atoms with van der Waals surface area (Å²) >= 11 is 0. The number of carbonyl (C=O) groups is 1. The van der Waals surface area contributed by atoms with Crippen molar-refractivity contribution in [3.63, 3.8) is 0 Å². The average Bonchev–Trinajstić information content (AvgIpc) is 2.81. The molecule has 0 saturated carbocycles. The van der Waals surface area contributed by atoms with Gasteiger partial charge >= 0.3 is 0 Å². The number of rotatable bonds is 3. The Morgan fingerprint density at radius 1 is 1.43 bits per heavy atom. The number of hydrogen-bond acceptors (Lipinski definition) is 3. The van der Waals surface area contributed by atoms with Gasteiger partial charge in [-0.15, -0.1) is 0 Å². The topological polar surface area (TPSA) is 59.2 Å². The number of aromatic nitrogens is 1. The van der Waals surface area contributed by atoms with Gasteiger partial charge in [0.1, 0.15) is 5.69 Å².